The van der Waals surface area contributed by atoms with Crippen molar-refractivity contribution in [3.8, 4) is 5.75 Å². The van der Waals surface area contributed by atoms with Gasteiger partial charge < -0.3 is 4.74 Å². The summed E-state index contributed by atoms with van der Waals surface area (Å²) >= 11 is 5.87. The number of carbonyl (C=O) groups is 2. The van der Waals surface area contributed by atoms with Crippen molar-refractivity contribution in [2.75, 3.05) is 0 Å². The maximum atomic E-state index is 12.5. The normalized spacial score (nSPS) is 13.0. The highest BCUT2D eigenvalue weighted by atomic mass is 35.5. The van der Waals surface area contributed by atoms with Gasteiger partial charge in [-0.05, 0) is 47.5 Å². The molecule has 4 nitrogen and oxygen atoms in total. The van der Waals surface area contributed by atoms with Crippen LogP contribution in [0, 0.1) is 0 Å². The summed E-state index contributed by atoms with van der Waals surface area (Å²) in [6.07, 6.45) is 0. The lowest BCUT2D eigenvalue weighted by molar-refractivity contribution is 0.0642. The molecule has 0 saturated carbocycles. The van der Waals surface area contributed by atoms with Crippen LogP contribution in [0.4, 0.5) is 0 Å². The number of benzene rings is 3. The van der Waals surface area contributed by atoms with Gasteiger partial charge in [-0.25, -0.2) is 0 Å². The smallest absolute Gasteiger partial charge is 0.261 e. The first kappa shape index (κ1) is 17.3. The minimum atomic E-state index is -0.251. The Bertz CT molecular complexity index is 979. The van der Waals surface area contributed by atoms with Gasteiger partial charge in [0.2, 0.25) is 0 Å². The van der Waals surface area contributed by atoms with Crippen LogP contribution >= 0.6 is 11.6 Å². The van der Waals surface area contributed by atoms with E-state index in [1.54, 1.807) is 36.4 Å². The monoisotopic (exact) mass is 377 g/mol. The summed E-state index contributed by atoms with van der Waals surface area (Å²) in [5, 5.41) is 0.658. The Kier molecular flexibility index (Phi) is 4.65. The Morgan fingerprint density at radius 1 is 0.778 bits per heavy atom. The third-order valence-corrected chi connectivity index (χ3v) is 4.68. The van der Waals surface area contributed by atoms with Gasteiger partial charge in [0.15, 0.2) is 0 Å². The van der Waals surface area contributed by atoms with E-state index in [9.17, 15) is 9.59 Å². The summed E-state index contributed by atoms with van der Waals surface area (Å²) in [6, 6.07) is 21.8. The second kappa shape index (κ2) is 7.25. The van der Waals surface area contributed by atoms with Crippen LogP contribution in [-0.4, -0.2) is 16.7 Å². The van der Waals surface area contributed by atoms with Crippen molar-refractivity contribution in [3.05, 3.63) is 100 Å². The van der Waals surface area contributed by atoms with Crippen LogP contribution in [0.15, 0.2) is 72.8 Å². The van der Waals surface area contributed by atoms with Crippen molar-refractivity contribution in [2.24, 2.45) is 0 Å². The zero-order chi connectivity index (χ0) is 18.8. The van der Waals surface area contributed by atoms with E-state index < -0.39 is 0 Å². The maximum Gasteiger partial charge on any atom is 0.261 e. The molecule has 27 heavy (non-hydrogen) atoms. The Labute approximate surface area is 161 Å². The molecule has 0 N–H and O–H groups in total. The predicted octanol–water partition coefficient (Wildman–Crippen LogP) is 4.72. The van der Waals surface area contributed by atoms with E-state index in [1.807, 2.05) is 36.4 Å². The van der Waals surface area contributed by atoms with E-state index in [0.29, 0.717) is 22.8 Å². The second-order valence-electron chi connectivity index (χ2n) is 6.30. The SMILES string of the molecule is O=C1c2ccccc2C(=O)N1Cc1cccc(COc2ccc(Cl)cc2)c1. The average Bonchev–Trinajstić information content (AvgIpc) is 2.93. The third kappa shape index (κ3) is 3.57. The molecule has 3 aromatic rings. The molecule has 134 valence electrons. The molecule has 0 unspecified atom stereocenters. The van der Waals surface area contributed by atoms with E-state index in [4.69, 9.17) is 16.3 Å². The van der Waals surface area contributed by atoms with Crippen molar-refractivity contribution in [1.82, 2.24) is 4.90 Å². The first-order chi connectivity index (χ1) is 13.1. The Morgan fingerprint density at radius 3 is 2.07 bits per heavy atom. The van der Waals surface area contributed by atoms with Gasteiger partial charge in [-0.2, -0.15) is 0 Å². The van der Waals surface area contributed by atoms with Crippen LogP contribution < -0.4 is 4.74 Å². The zero-order valence-electron chi connectivity index (χ0n) is 14.4. The van der Waals surface area contributed by atoms with Gasteiger partial charge in [0, 0.05) is 5.02 Å². The number of fused-ring (bicyclic) bond motifs is 1. The molecule has 1 aliphatic heterocycles. The van der Waals surface area contributed by atoms with Crippen molar-refractivity contribution >= 4 is 23.4 Å². The quantitative estimate of drug-likeness (QED) is 0.605. The molecule has 0 aromatic heterocycles. The lowest BCUT2D eigenvalue weighted by atomic mass is 10.1. The van der Waals surface area contributed by atoms with Crippen LogP contribution in [0.5, 0.6) is 5.75 Å². The molecule has 3 aromatic carbocycles. The van der Waals surface area contributed by atoms with Crippen molar-refractivity contribution in [3.63, 3.8) is 0 Å². The summed E-state index contributed by atoms with van der Waals surface area (Å²) in [5.74, 6) is 0.224. The molecular weight excluding hydrogens is 362 g/mol. The second-order valence-corrected chi connectivity index (χ2v) is 6.74. The molecule has 0 aliphatic carbocycles. The number of imide groups is 1. The largest absolute Gasteiger partial charge is 0.489 e. The number of rotatable bonds is 5. The summed E-state index contributed by atoms with van der Waals surface area (Å²) in [7, 11) is 0. The average molecular weight is 378 g/mol. The van der Waals surface area contributed by atoms with Crippen LogP contribution in [0.25, 0.3) is 0 Å². The topological polar surface area (TPSA) is 46.6 Å². The Morgan fingerprint density at radius 2 is 1.41 bits per heavy atom. The molecule has 0 spiro atoms. The zero-order valence-corrected chi connectivity index (χ0v) is 15.1. The van der Waals surface area contributed by atoms with Gasteiger partial charge in [0.05, 0.1) is 17.7 Å². The van der Waals surface area contributed by atoms with E-state index in [0.717, 1.165) is 16.9 Å². The minimum absolute atomic E-state index is 0.237. The molecule has 0 saturated heterocycles. The third-order valence-electron chi connectivity index (χ3n) is 4.43. The molecule has 5 heteroatoms. The summed E-state index contributed by atoms with van der Waals surface area (Å²) in [6.45, 7) is 0.624. The fourth-order valence-corrected chi connectivity index (χ4v) is 3.21. The molecular formula is C22H16ClNO3. The van der Waals surface area contributed by atoms with Gasteiger partial charge >= 0.3 is 0 Å². The number of ether oxygens (including phenoxy) is 1. The highest BCUT2D eigenvalue weighted by molar-refractivity contribution is 6.30. The van der Waals surface area contributed by atoms with Gasteiger partial charge in [0.25, 0.3) is 11.8 Å². The van der Waals surface area contributed by atoms with E-state index in [1.165, 1.54) is 4.90 Å². The Hall–Kier alpha value is -3.11. The molecule has 4 rings (SSSR count). The molecule has 2 amide bonds. The number of carbonyl (C=O) groups excluding carboxylic acids is 2. The van der Waals surface area contributed by atoms with Crippen molar-refractivity contribution in [1.29, 1.82) is 0 Å². The number of amides is 2. The standard InChI is InChI=1S/C22H16ClNO3/c23-17-8-10-18(11-9-17)27-14-16-5-3-4-15(12-16)13-24-21(25)19-6-1-2-7-20(19)22(24)26/h1-12H,13-14H2. The van der Waals surface area contributed by atoms with E-state index in [-0.39, 0.29) is 18.4 Å². The van der Waals surface area contributed by atoms with Gasteiger partial charge in [-0.3, -0.25) is 14.5 Å². The maximum absolute atomic E-state index is 12.5. The predicted molar refractivity (Wildman–Crippen MR) is 103 cm³/mol. The van der Waals surface area contributed by atoms with Crippen LogP contribution in [-0.2, 0) is 13.2 Å². The number of hydrogen-bond acceptors (Lipinski definition) is 3. The highest BCUT2D eigenvalue weighted by Gasteiger charge is 2.34. The van der Waals surface area contributed by atoms with E-state index >= 15 is 0 Å². The van der Waals surface area contributed by atoms with Crippen LogP contribution in [0.1, 0.15) is 31.8 Å². The van der Waals surface area contributed by atoms with E-state index in [2.05, 4.69) is 0 Å². The lowest BCUT2D eigenvalue weighted by Crippen LogP contribution is -2.29. The van der Waals surface area contributed by atoms with Gasteiger partial charge in [0.1, 0.15) is 12.4 Å². The number of hydrogen-bond donors (Lipinski definition) is 0. The first-order valence-corrected chi connectivity index (χ1v) is 8.91. The highest BCUT2D eigenvalue weighted by Crippen LogP contribution is 2.24. The van der Waals surface area contributed by atoms with Crippen molar-refractivity contribution in [2.45, 2.75) is 13.2 Å². The fraction of sp³-hybridized carbons (Fsp3) is 0.0909. The van der Waals surface area contributed by atoms with Crippen molar-refractivity contribution < 1.29 is 14.3 Å². The molecule has 0 bridgehead atoms. The van der Waals surface area contributed by atoms with Crippen LogP contribution in [0.3, 0.4) is 0 Å². The molecule has 0 atom stereocenters. The number of nitrogens with zero attached hydrogens (tertiary/aromatic N) is 1. The molecule has 0 radical (unpaired) electrons. The van der Waals surface area contributed by atoms with Crippen LogP contribution in [0.2, 0.25) is 5.02 Å². The fourth-order valence-electron chi connectivity index (χ4n) is 3.08. The molecule has 1 heterocycles. The molecule has 0 fully saturated rings. The number of halogens is 1. The van der Waals surface area contributed by atoms with Gasteiger partial charge in [-0.15, -0.1) is 0 Å². The Balaban J connectivity index is 1.46. The first-order valence-electron chi connectivity index (χ1n) is 8.53. The van der Waals surface area contributed by atoms with Gasteiger partial charge in [-0.1, -0.05) is 48.0 Å². The lowest BCUT2D eigenvalue weighted by Gasteiger charge is -2.15. The molecule has 1 aliphatic rings. The summed E-state index contributed by atoms with van der Waals surface area (Å²) in [4.78, 5) is 26.3. The summed E-state index contributed by atoms with van der Waals surface area (Å²) < 4.78 is 5.76. The minimum Gasteiger partial charge on any atom is -0.489 e. The summed E-state index contributed by atoms with van der Waals surface area (Å²) in [5.41, 5.74) is 2.76.